The molecule has 0 aromatic carbocycles. The lowest BCUT2D eigenvalue weighted by Gasteiger charge is -2.24. The molecule has 0 saturated heterocycles. The van der Waals surface area contributed by atoms with Crippen LogP contribution in [-0.2, 0) is 9.59 Å². The molecule has 0 aromatic rings. The summed E-state index contributed by atoms with van der Waals surface area (Å²) < 4.78 is 0. The minimum absolute atomic E-state index is 0.00481. The molecule has 0 aromatic heterocycles. The van der Waals surface area contributed by atoms with Crippen LogP contribution >= 0.6 is 0 Å². The SMILES string of the molecule is CC(C)(CN)NC(=O)CCCNC(=O)C(C)(C)C. The Balaban J connectivity index is 3.80. The van der Waals surface area contributed by atoms with Gasteiger partial charge in [0.05, 0.1) is 0 Å². The van der Waals surface area contributed by atoms with Crippen LogP contribution in [-0.4, -0.2) is 30.4 Å². The van der Waals surface area contributed by atoms with Crippen LogP contribution in [0.1, 0.15) is 47.5 Å². The van der Waals surface area contributed by atoms with Crippen molar-refractivity contribution in [1.82, 2.24) is 10.6 Å². The first kappa shape index (κ1) is 16.9. The monoisotopic (exact) mass is 257 g/mol. The topological polar surface area (TPSA) is 84.2 Å². The molecule has 0 unspecified atom stereocenters. The number of hydrogen-bond acceptors (Lipinski definition) is 3. The summed E-state index contributed by atoms with van der Waals surface area (Å²) in [6.45, 7) is 10.3. The van der Waals surface area contributed by atoms with Crippen LogP contribution in [0.3, 0.4) is 0 Å². The van der Waals surface area contributed by atoms with Crippen molar-refractivity contribution in [1.29, 1.82) is 0 Å². The van der Waals surface area contributed by atoms with Gasteiger partial charge >= 0.3 is 0 Å². The molecular weight excluding hydrogens is 230 g/mol. The summed E-state index contributed by atoms with van der Waals surface area (Å²) in [5, 5.41) is 5.66. The first-order chi connectivity index (χ1) is 8.08. The summed E-state index contributed by atoms with van der Waals surface area (Å²) >= 11 is 0. The van der Waals surface area contributed by atoms with Crippen LogP contribution < -0.4 is 16.4 Å². The number of carbonyl (C=O) groups excluding carboxylic acids is 2. The van der Waals surface area contributed by atoms with E-state index in [9.17, 15) is 9.59 Å². The van der Waals surface area contributed by atoms with Crippen LogP contribution in [0.15, 0.2) is 0 Å². The number of nitrogens with two attached hydrogens (primary N) is 1. The van der Waals surface area contributed by atoms with Gasteiger partial charge in [0, 0.05) is 30.5 Å². The van der Waals surface area contributed by atoms with Gasteiger partial charge in [-0.05, 0) is 20.3 Å². The standard InChI is InChI=1S/C13H27N3O2/c1-12(2,3)11(18)15-8-6-7-10(17)16-13(4,5)9-14/h6-9,14H2,1-5H3,(H,15,18)(H,16,17). The molecule has 0 saturated carbocycles. The fourth-order valence-corrected chi connectivity index (χ4v) is 1.21. The second-order valence-corrected chi connectivity index (χ2v) is 6.25. The normalized spacial score (nSPS) is 12.1. The Kier molecular flexibility index (Phi) is 6.32. The van der Waals surface area contributed by atoms with Gasteiger partial charge < -0.3 is 16.4 Å². The third-order valence-corrected chi connectivity index (χ3v) is 2.54. The molecule has 0 fully saturated rings. The van der Waals surface area contributed by atoms with Gasteiger partial charge in [0.25, 0.3) is 0 Å². The molecule has 0 radical (unpaired) electrons. The second kappa shape index (κ2) is 6.73. The van der Waals surface area contributed by atoms with E-state index in [4.69, 9.17) is 5.73 Å². The van der Waals surface area contributed by atoms with E-state index in [1.54, 1.807) is 0 Å². The Morgan fingerprint density at radius 2 is 1.67 bits per heavy atom. The molecular formula is C13H27N3O2. The number of rotatable bonds is 6. The van der Waals surface area contributed by atoms with Crippen molar-refractivity contribution in [3.05, 3.63) is 0 Å². The maximum Gasteiger partial charge on any atom is 0.225 e. The van der Waals surface area contributed by atoms with E-state index < -0.39 is 0 Å². The summed E-state index contributed by atoms with van der Waals surface area (Å²) in [5.41, 5.74) is 4.77. The summed E-state index contributed by atoms with van der Waals surface area (Å²) in [7, 11) is 0. The molecule has 0 rings (SSSR count). The molecule has 0 aliphatic heterocycles. The lowest BCUT2D eigenvalue weighted by molar-refractivity contribution is -0.129. The van der Waals surface area contributed by atoms with Crippen molar-refractivity contribution in [2.45, 2.75) is 53.0 Å². The maximum absolute atomic E-state index is 11.6. The minimum atomic E-state index is -0.385. The first-order valence-corrected chi connectivity index (χ1v) is 6.38. The highest BCUT2D eigenvalue weighted by atomic mass is 16.2. The molecule has 5 heteroatoms. The Morgan fingerprint density at radius 1 is 1.11 bits per heavy atom. The summed E-state index contributed by atoms with van der Waals surface area (Å²) in [6, 6.07) is 0. The highest BCUT2D eigenvalue weighted by Crippen LogP contribution is 2.12. The van der Waals surface area contributed by atoms with Crippen LogP contribution in [0.25, 0.3) is 0 Å². The van der Waals surface area contributed by atoms with Crippen LogP contribution in [0.5, 0.6) is 0 Å². The molecule has 0 aliphatic carbocycles. The van der Waals surface area contributed by atoms with E-state index in [1.165, 1.54) is 0 Å². The Hall–Kier alpha value is -1.10. The first-order valence-electron chi connectivity index (χ1n) is 6.38. The van der Waals surface area contributed by atoms with Crippen molar-refractivity contribution in [3.63, 3.8) is 0 Å². The number of amides is 2. The predicted molar refractivity (Wildman–Crippen MR) is 73.0 cm³/mol. The van der Waals surface area contributed by atoms with Crippen molar-refractivity contribution in [3.8, 4) is 0 Å². The summed E-state index contributed by atoms with van der Waals surface area (Å²) in [6.07, 6.45) is 1.03. The van der Waals surface area contributed by atoms with Gasteiger partial charge in [0.2, 0.25) is 11.8 Å². The van der Waals surface area contributed by atoms with Crippen LogP contribution in [0.2, 0.25) is 0 Å². The molecule has 18 heavy (non-hydrogen) atoms. The molecule has 2 amide bonds. The van der Waals surface area contributed by atoms with Gasteiger partial charge in [-0.2, -0.15) is 0 Å². The predicted octanol–water partition coefficient (Wildman–Crippen LogP) is 0.782. The molecule has 0 bridgehead atoms. The molecule has 0 heterocycles. The Bertz CT molecular complexity index is 293. The molecule has 0 atom stereocenters. The van der Waals surface area contributed by atoms with Crippen molar-refractivity contribution >= 4 is 11.8 Å². The van der Waals surface area contributed by atoms with E-state index in [2.05, 4.69) is 10.6 Å². The average Bonchev–Trinajstić information content (AvgIpc) is 2.22. The lowest BCUT2D eigenvalue weighted by Crippen LogP contribution is -2.48. The zero-order valence-electron chi connectivity index (χ0n) is 12.2. The van der Waals surface area contributed by atoms with Crippen molar-refractivity contribution in [2.24, 2.45) is 11.1 Å². The van der Waals surface area contributed by atoms with Gasteiger partial charge in [0.15, 0.2) is 0 Å². The third-order valence-electron chi connectivity index (χ3n) is 2.54. The molecule has 4 N–H and O–H groups in total. The quantitative estimate of drug-likeness (QED) is 0.615. The maximum atomic E-state index is 11.6. The number of carbonyl (C=O) groups is 2. The Labute approximate surface area is 110 Å². The fraction of sp³-hybridized carbons (Fsp3) is 0.846. The van der Waals surface area contributed by atoms with Gasteiger partial charge in [-0.25, -0.2) is 0 Å². The lowest BCUT2D eigenvalue weighted by atomic mass is 9.96. The Morgan fingerprint density at radius 3 is 2.11 bits per heavy atom. The zero-order valence-corrected chi connectivity index (χ0v) is 12.2. The number of hydrogen-bond donors (Lipinski definition) is 3. The van der Waals surface area contributed by atoms with Crippen molar-refractivity contribution in [2.75, 3.05) is 13.1 Å². The van der Waals surface area contributed by atoms with E-state index in [0.29, 0.717) is 25.9 Å². The van der Waals surface area contributed by atoms with E-state index in [1.807, 2.05) is 34.6 Å². The summed E-state index contributed by atoms with van der Waals surface area (Å²) in [5.74, 6) is -0.0272. The fourth-order valence-electron chi connectivity index (χ4n) is 1.21. The van der Waals surface area contributed by atoms with Crippen LogP contribution in [0, 0.1) is 5.41 Å². The van der Waals surface area contributed by atoms with Gasteiger partial charge in [0.1, 0.15) is 0 Å². The largest absolute Gasteiger partial charge is 0.356 e. The van der Waals surface area contributed by atoms with Crippen LogP contribution in [0.4, 0.5) is 0 Å². The molecule has 106 valence electrons. The number of nitrogens with one attached hydrogen (secondary N) is 2. The summed E-state index contributed by atoms with van der Waals surface area (Å²) in [4.78, 5) is 23.1. The second-order valence-electron chi connectivity index (χ2n) is 6.25. The third kappa shape index (κ3) is 7.27. The molecule has 0 spiro atoms. The van der Waals surface area contributed by atoms with Gasteiger partial charge in [-0.15, -0.1) is 0 Å². The van der Waals surface area contributed by atoms with Crippen molar-refractivity contribution < 1.29 is 9.59 Å². The van der Waals surface area contributed by atoms with Gasteiger partial charge in [-0.3, -0.25) is 9.59 Å². The average molecular weight is 257 g/mol. The molecule has 0 aliphatic rings. The highest BCUT2D eigenvalue weighted by Gasteiger charge is 2.21. The highest BCUT2D eigenvalue weighted by molar-refractivity contribution is 5.81. The van der Waals surface area contributed by atoms with E-state index >= 15 is 0 Å². The molecule has 5 nitrogen and oxygen atoms in total. The van der Waals surface area contributed by atoms with E-state index in [0.717, 1.165) is 0 Å². The minimum Gasteiger partial charge on any atom is -0.356 e. The smallest absolute Gasteiger partial charge is 0.225 e. The zero-order chi connectivity index (χ0) is 14.4. The van der Waals surface area contributed by atoms with Gasteiger partial charge in [-0.1, -0.05) is 20.8 Å². The van der Waals surface area contributed by atoms with E-state index in [-0.39, 0.29) is 22.8 Å².